The van der Waals surface area contributed by atoms with Crippen molar-refractivity contribution in [2.45, 2.75) is 25.2 Å². The molecule has 4 heterocycles. The Labute approximate surface area is 201 Å². The number of halogens is 1. The number of hydrogen-bond acceptors (Lipinski definition) is 6. The van der Waals surface area contributed by atoms with Crippen molar-refractivity contribution in [3.8, 4) is 17.0 Å². The van der Waals surface area contributed by atoms with Gasteiger partial charge in [0.05, 0.1) is 41.6 Å². The van der Waals surface area contributed by atoms with Crippen LogP contribution in [-0.2, 0) is 4.79 Å². The van der Waals surface area contributed by atoms with Crippen molar-refractivity contribution in [1.82, 2.24) is 20.6 Å². The molecule has 2 aliphatic rings. The van der Waals surface area contributed by atoms with Crippen LogP contribution in [0.15, 0.2) is 36.7 Å². The normalized spacial score (nSPS) is 17.8. The highest BCUT2D eigenvalue weighted by molar-refractivity contribution is 6.07. The van der Waals surface area contributed by atoms with Gasteiger partial charge in [0.25, 0.3) is 5.91 Å². The lowest BCUT2D eigenvalue weighted by Gasteiger charge is -2.23. The monoisotopic (exact) mass is 478 g/mol. The van der Waals surface area contributed by atoms with Gasteiger partial charge in [-0.25, -0.2) is 4.39 Å². The van der Waals surface area contributed by atoms with Gasteiger partial charge < -0.3 is 31.0 Å². The molecule has 2 aliphatic heterocycles. The van der Waals surface area contributed by atoms with Crippen LogP contribution in [-0.4, -0.2) is 48.5 Å². The molecule has 182 valence electrons. The number of para-hydroxylation sites is 1. The van der Waals surface area contributed by atoms with Gasteiger partial charge >= 0.3 is 0 Å². The van der Waals surface area contributed by atoms with E-state index in [9.17, 15) is 14.0 Å². The SMILES string of the molecule is COc1c(F)cccc1Nc1c2[nH]c3c1C(=O)NC[C@@H]3CC(=O)NCCCCNc1cnccc1-2. The lowest BCUT2D eigenvalue weighted by atomic mass is 9.93. The predicted octanol–water partition coefficient (Wildman–Crippen LogP) is 3.51. The van der Waals surface area contributed by atoms with E-state index in [1.165, 1.54) is 13.2 Å². The third-order valence-electron chi connectivity index (χ3n) is 6.37. The van der Waals surface area contributed by atoms with E-state index in [4.69, 9.17) is 4.74 Å². The number of pyridine rings is 1. The molecule has 2 amide bonds. The van der Waals surface area contributed by atoms with Crippen molar-refractivity contribution in [3.63, 3.8) is 0 Å². The molecule has 0 spiro atoms. The number of hydrogen-bond donors (Lipinski definition) is 5. The van der Waals surface area contributed by atoms with Crippen molar-refractivity contribution < 1.29 is 18.7 Å². The van der Waals surface area contributed by atoms with Crippen molar-refractivity contribution in [1.29, 1.82) is 0 Å². The fourth-order valence-corrected chi connectivity index (χ4v) is 4.67. The summed E-state index contributed by atoms with van der Waals surface area (Å²) in [5, 5.41) is 12.5. The van der Waals surface area contributed by atoms with Crippen LogP contribution in [0.3, 0.4) is 0 Å². The maximum absolute atomic E-state index is 14.5. The number of H-pyrrole nitrogens is 1. The number of aromatic nitrogens is 2. The summed E-state index contributed by atoms with van der Waals surface area (Å²) in [5.74, 6) is -1.06. The number of nitrogens with one attached hydrogen (secondary N) is 5. The zero-order chi connectivity index (χ0) is 24.4. The number of ether oxygens (including phenoxy) is 1. The van der Waals surface area contributed by atoms with Crippen LogP contribution in [0.5, 0.6) is 5.75 Å². The topological polar surface area (TPSA) is 120 Å². The Hall–Kier alpha value is -4.08. The van der Waals surface area contributed by atoms with Gasteiger partial charge in [0.2, 0.25) is 5.91 Å². The summed E-state index contributed by atoms with van der Waals surface area (Å²) >= 11 is 0. The molecule has 5 N–H and O–H groups in total. The first-order valence-electron chi connectivity index (χ1n) is 11.7. The summed E-state index contributed by atoms with van der Waals surface area (Å²) in [6, 6.07) is 6.43. The maximum atomic E-state index is 14.5. The first kappa shape index (κ1) is 22.7. The number of carbonyl (C=O) groups excluding carboxylic acids is 2. The number of fused-ring (bicyclic) bond motifs is 3. The fraction of sp³-hybridized carbons (Fsp3) is 0.320. The van der Waals surface area contributed by atoms with Gasteiger partial charge in [0.15, 0.2) is 11.6 Å². The predicted molar refractivity (Wildman–Crippen MR) is 131 cm³/mol. The minimum Gasteiger partial charge on any atom is -0.492 e. The highest BCUT2D eigenvalue weighted by Gasteiger charge is 2.34. The van der Waals surface area contributed by atoms with E-state index in [0.717, 1.165) is 24.1 Å². The Balaban J connectivity index is 1.71. The number of rotatable bonds is 3. The Morgan fingerprint density at radius 3 is 2.77 bits per heavy atom. The quantitative estimate of drug-likeness (QED) is 0.393. The third kappa shape index (κ3) is 4.39. The Bertz CT molecular complexity index is 1270. The van der Waals surface area contributed by atoms with Crippen molar-refractivity contribution >= 4 is 28.9 Å². The zero-order valence-corrected chi connectivity index (χ0v) is 19.3. The summed E-state index contributed by atoms with van der Waals surface area (Å²) in [4.78, 5) is 33.5. The van der Waals surface area contributed by atoms with Crippen LogP contribution in [0.25, 0.3) is 11.3 Å². The molecule has 0 aliphatic carbocycles. The second-order valence-corrected chi connectivity index (χ2v) is 8.63. The molecule has 0 radical (unpaired) electrons. The molecule has 2 bridgehead atoms. The van der Waals surface area contributed by atoms with Crippen LogP contribution in [0.2, 0.25) is 0 Å². The van der Waals surface area contributed by atoms with Crippen LogP contribution in [0.1, 0.15) is 41.2 Å². The molecule has 10 heteroatoms. The number of methoxy groups -OCH3 is 1. The maximum Gasteiger partial charge on any atom is 0.255 e. The molecule has 1 atom stereocenters. The molecular weight excluding hydrogens is 451 g/mol. The minimum absolute atomic E-state index is 0.0412. The second kappa shape index (κ2) is 9.65. The Morgan fingerprint density at radius 1 is 1.11 bits per heavy atom. The summed E-state index contributed by atoms with van der Waals surface area (Å²) in [6.07, 6.45) is 5.37. The smallest absolute Gasteiger partial charge is 0.255 e. The summed E-state index contributed by atoms with van der Waals surface area (Å²) < 4.78 is 19.7. The fourth-order valence-electron chi connectivity index (χ4n) is 4.67. The van der Waals surface area contributed by atoms with Crippen molar-refractivity contribution in [2.24, 2.45) is 0 Å². The average molecular weight is 479 g/mol. The molecular formula is C25H27FN6O3. The molecule has 2 aromatic heterocycles. The first-order chi connectivity index (χ1) is 17.1. The van der Waals surface area contributed by atoms with Crippen molar-refractivity contribution in [3.05, 3.63) is 53.7 Å². The van der Waals surface area contributed by atoms with E-state index in [-0.39, 0.29) is 29.9 Å². The largest absolute Gasteiger partial charge is 0.492 e. The van der Waals surface area contributed by atoms with Gasteiger partial charge in [-0.15, -0.1) is 0 Å². The summed E-state index contributed by atoms with van der Waals surface area (Å²) in [5.41, 5.74) is 4.18. The molecule has 0 saturated carbocycles. The van der Waals surface area contributed by atoms with E-state index in [2.05, 4.69) is 31.2 Å². The highest BCUT2D eigenvalue weighted by Crippen LogP contribution is 2.43. The summed E-state index contributed by atoms with van der Waals surface area (Å²) in [6.45, 7) is 1.62. The molecule has 9 nitrogen and oxygen atoms in total. The number of nitrogens with zero attached hydrogens (tertiary/aromatic N) is 1. The molecule has 0 unspecified atom stereocenters. The van der Waals surface area contributed by atoms with E-state index in [1.807, 2.05) is 6.07 Å². The number of aromatic amines is 1. The standard InChI is InChI=1S/C25H27FN6O3/c1-35-24-16(26)5-4-6-17(24)31-23-20-21-14(12-30-25(20)34)11-19(33)29-9-3-2-8-28-18-13-27-10-7-15(18)22(23)32-21/h4-7,10,13-14,28,31-32H,2-3,8-9,11-12H2,1H3,(H,29,33)(H,30,34)/t14-/m0/s1. The van der Waals surface area contributed by atoms with Crippen molar-refractivity contribution in [2.75, 3.05) is 37.4 Å². The van der Waals surface area contributed by atoms with E-state index in [0.29, 0.717) is 48.0 Å². The van der Waals surface area contributed by atoms with Gasteiger partial charge in [-0.1, -0.05) is 6.07 Å². The molecule has 1 aromatic carbocycles. The molecule has 35 heavy (non-hydrogen) atoms. The van der Waals surface area contributed by atoms with E-state index < -0.39 is 5.82 Å². The van der Waals surface area contributed by atoms with Gasteiger partial charge in [-0.3, -0.25) is 14.6 Å². The van der Waals surface area contributed by atoms with Gasteiger partial charge in [-0.2, -0.15) is 0 Å². The van der Waals surface area contributed by atoms with Gasteiger partial charge in [0, 0.05) is 49.4 Å². The van der Waals surface area contributed by atoms with Crippen LogP contribution in [0.4, 0.5) is 21.5 Å². The second-order valence-electron chi connectivity index (χ2n) is 8.63. The Morgan fingerprint density at radius 2 is 1.94 bits per heavy atom. The third-order valence-corrected chi connectivity index (χ3v) is 6.37. The van der Waals surface area contributed by atoms with E-state index >= 15 is 0 Å². The number of benzene rings is 1. The highest BCUT2D eigenvalue weighted by atomic mass is 19.1. The molecule has 0 fully saturated rings. The van der Waals surface area contributed by atoms with Crippen LogP contribution >= 0.6 is 0 Å². The van der Waals surface area contributed by atoms with Crippen LogP contribution < -0.4 is 26.0 Å². The van der Waals surface area contributed by atoms with Crippen LogP contribution in [0, 0.1) is 5.82 Å². The van der Waals surface area contributed by atoms with E-state index in [1.54, 1.807) is 24.5 Å². The minimum atomic E-state index is -0.521. The van der Waals surface area contributed by atoms with Gasteiger partial charge in [0.1, 0.15) is 0 Å². The lowest BCUT2D eigenvalue weighted by Crippen LogP contribution is -2.37. The van der Waals surface area contributed by atoms with Gasteiger partial charge in [-0.05, 0) is 31.0 Å². The molecule has 0 saturated heterocycles. The number of carbonyl (C=O) groups is 2. The zero-order valence-electron chi connectivity index (χ0n) is 19.3. The first-order valence-corrected chi connectivity index (χ1v) is 11.7. The molecule has 5 rings (SSSR count). The lowest BCUT2D eigenvalue weighted by molar-refractivity contribution is -0.121. The molecule has 3 aromatic rings. The average Bonchev–Trinajstić information content (AvgIpc) is 3.23. The number of amides is 2. The number of anilines is 3. The Kier molecular flexibility index (Phi) is 6.26. The summed E-state index contributed by atoms with van der Waals surface area (Å²) in [7, 11) is 1.39.